The number of hydrogen-bond acceptors (Lipinski definition) is 5. The van der Waals surface area contributed by atoms with Crippen LogP contribution in [0.1, 0.15) is 26.2 Å². The predicted molar refractivity (Wildman–Crippen MR) is 66.4 cm³/mol. The average molecular weight is 261 g/mol. The molecule has 0 radical (unpaired) electrons. The van der Waals surface area contributed by atoms with Crippen molar-refractivity contribution < 1.29 is 24.2 Å². The minimum atomic E-state index is -0.875. The summed E-state index contributed by atoms with van der Waals surface area (Å²) in [6, 6.07) is 0. The van der Waals surface area contributed by atoms with Crippen LogP contribution in [0.3, 0.4) is 0 Å². The zero-order valence-electron chi connectivity index (χ0n) is 11.2. The maximum Gasteiger partial charge on any atom is 0.320 e. The Bertz CT molecular complexity index is 245. The lowest BCUT2D eigenvalue weighted by atomic mass is 10.4. The number of unbranched alkanes of at least 4 members (excludes halogenated alkanes) is 1. The van der Waals surface area contributed by atoms with Gasteiger partial charge in [0.25, 0.3) is 0 Å². The molecule has 0 unspecified atom stereocenters. The minimum absolute atomic E-state index is 0.0178. The van der Waals surface area contributed by atoms with E-state index in [0.29, 0.717) is 19.8 Å². The second kappa shape index (κ2) is 11.0. The van der Waals surface area contributed by atoms with Crippen LogP contribution in [0.2, 0.25) is 0 Å². The molecule has 0 heterocycles. The Hall–Kier alpha value is -1.14. The van der Waals surface area contributed by atoms with Crippen LogP contribution in [-0.4, -0.2) is 61.9 Å². The molecule has 0 aliphatic heterocycles. The highest BCUT2D eigenvalue weighted by Gasteiger charge is 2.08. The molecule has 0 fully saturated rings. The van der Waals surface area contributed by atoms with Crippen molar-refractivity contribution >= 4 is 11.9 Å². The van der Waals surface area contributed by atoms with Crippen molar-refractivity contribution in [1.29, 1.82) is 0 Å². The summed E-state index contributed by atoms with van der Waals surface area (Å²) in [4.78, 5) is 23.3. The van der Waals surface area contributed by atoms with Crippen molar-refractivity contribution in [1.82, 2.24) is 4.90 Å². The number of carbonyl (C=O) groups excluding carboxylic acids is 1. The van der Waals surface area contributed by atoms with Gasteiger partial charge in [-0.15, -0.1) is 0 Å². The standard InChI is InChI=1S/C12H23NO5/c1-3-4-7-17-8-9-18-12(16)10-13(2)6-5-11(14)15/h3-10H2,1-2H3,(H,14,15). The molecule has 6 heteroatoms. The summed E-state index contributed by atoms with van der Waals surface area (Å²) in [5.41, 5.74) is 0. The molecular formula is C12H23NO5. The Morgan fingerprint density at radius 1 is 1.22 bits per heavy atom. The van der Waals surface area contributed by atoms with Gasteiger partial charge in [-0.05, 0) is 13.5 Å². The second-order valence-corrected chi connectivity index (χ2v) is 4.07. The van der Waals surface area contributed by atoms with E-state index in [4.69, 9.17) is 14.6 Å². The third-order valence-electron chi connectivity index (χ3n) is 2.24. The van der Waals surface area contributed by atoms with Crippen molar-refractivity contribution in [2.24, 2.45) is 0 Å². The first-order chi connectivity index (χ1) is 8.56. The molecule has 0 aliphatic carbocycles. The fourth-order valence-electron chi connectivity index (χ4n) is 1.19. The molecule has 18 heavy (non-hydrogen) atoms. The summed E-state index contributed by atoms with van der Waals surface area (Å²) in [5.74, 6) is -1.23. The van der Waals surface area contributed by atoms with Crippen molar-refractivity contribution in [3.63, 3.8) is 0 Å². The highest BCUT2D eigenvalue weighted by molar-refractivity contribution is 5.71. The van der Waals surface area contributed by atoms with E-state index in [1.807, 2.05) is 0 Å². The molecular weight excluding hydrogens is 238 g/mol. The van der Waals surface area contributed by atoms with E-state index in [9.17, 15) is 9.59 Å². The Morgan fingerprint density at radius 2 is 1.94 bits per heavy atom. The van der Waals surface area contributed by atoms with E-state index >= 15 is 0 Å². The van der Waals surface area contributed by atoms with Crippen molar-refractivity contribution in [2.75, 3.05) is 40.0 Å². The summed E-state index contributed by atoms with van der Waals surface area (Å²) in [6.07, 6.45) is 2.10. The predicted octanol–water partition coefficient (Wildman–Crippen LogP) is 0.753. The van der Waals surface area contributed by atoms with Crippen LogP contribution in [0.5, 0.6) is 0 Å². The highest BCUT2D eigenvalue weighted by Crippen LogP contribution is 1.91. The maximum atomic E-state index is 11.3. The van der Waals surface area contributed by atoms with Gasteiger partial charge in [0, 0.05) is 13.2 Å². The number of carbonyl (C=O) groups is 2. The second-order valence-electron chi connectivity index (χ2n) is 4.07. The molecule has 0 aromatic rings. The first-order valence-electron chi connectivity index (χ1n) is 6.20. The summed E-state index contributed by atoms with van der Waals surface area (Å²) >= 11 is 0. The van der Waals surface area contributed by atoms with Crippen LogP contribution in [-0.2, 0) is 19.1 Å². The quantitative estimate of drug-likeness (QED) is 0.437. The Kier molecular flexibility index (Phi) is 10.3. The number of carboxylic acids is 1. The first-order valence-corrected chi connectivity index (χ1v) is 6.20. The van der Waals surface area contributed by atoms with E-state index in [1.165, 1.54) is 0 Å². The van der Waals surface area contributed by atoms with Crippen LogP contribution in [0, 0.1) is 0 Å². The molecule has 0 spiro atoms. The van der Waals surface area contributed by atoms with E-state index in [-0.39, 0.29) is 25.5 Å². The lowest BCUT2D eigenvalue weighted by Gasteiger charge is -2.14. The number of ether oxygens (including phenoxy) is 2. The van der Waals surface area contributed by atoms with E-state index in [1.54, 1.807) is 11.9 Å². The summed E-state index contributed by atoms with van der Waals surface area (Å²) in [6.45, 7) is 3.85. The normalized spacial score (nSPS) is 10.6. The van der Waals surface area contributed by atoms with Crippen molar-refractivity contribution in [3.05, 3.63) is 0 Å². The number of esters is 1. The van der Waals surface area contributed by atoms with Crippen LogP contribution in [0.4, 0.5) is 0 Å². The third kappa shape index (κ3) is 11.3. The summed E-state index contributed by atoms with van der Waals surface area (Å²) in [7, 11) is 1.68. The van der Waals surface area contributed by atoms with Gasteiger partial charge in [0.05, 0.1) is 19.6 Å². The summed E-state index contributed by atoms with van der Waals surface area (Å²) < 4.78 is 10.2. The van der Waals surface area contributed by atoms with Crippen LogP contribution in [0.25, 0.3) is 0 Å². The molecule has 6 nitrogen and oxygen atoms in total. The number of likely N-dealkylation sites (N-methyl/N-ethyl adjacent to an activating group) is 1. The van der Waals surface area contributed by atoms with Crippen LogP contribution in [0.15, 0.2) is 0 Å². The van der Waals surface area contributed by atoms with Crippen LogP contribution < -0.4 is 0 Å². The molecule has 0 saturated heterocycles. The van der Waals surface area contributed by atoms with E-state index in [0.717, 1.165) is 12.8 Å². The molecule has 0 saturated carbocycles. The topological polar surface area (TPSA) is 76.1 Å². The fraction of sp³-hybridized carbons (Fsp3) is 0.833. The molecule has 0 aromatic heterocycles. The molecule has 0 aromatic carbocycles. The van der Waals surface area contributed by atoms with Gasteiger partial charge in [-0.3, -0.25) is 14.5 Å². The average Bonchev–Trinajstić information content (AvgIpc) is 2.31. The first kappa shape index (κ1) is 16.9. The van der Waals surface area contributed by atoms with Gasteiger partial charge < -0.3 is 14.6 Å². The molecule has 0 aliphatic rings. The summed E-state index contributed by atoms with van der Waals surface area (Å²) in [5, 5.41) is 8.48. The maximum absolute atomic E-state index is 11.3. The van der Waals surface area contributed by atoms with Gasteiger partial charge >= 0.3 is 11.9 Å². The Balaban J connectivity index is 3.44. The number of hydrogen-bond donors (Lipinski definition) is 1. The van der Waals surface area contributed by atoms with Gasteiger partial charge in [-0.2, -0.15) is 0 Å². The Labute approximate surface area is 108 Å². The van der Waals surface area contributed by atoms with Gasteiger partial charge in [0.15, 0.2) is 0 Å². The van der Waals surface area contributed by atoms with Crippen molar-refractivity contribution in [3.8, 4) is 0 Å². The lowest BCUT2D eigenvalue weighted by molar-refractivity contribution is -0.147. The number of rotatable bonds is 11. The minimum Gasteiger partial charge on any atom is -0.481 e. The molecule has 0 atom stereocenters. The zero-order chi connectivity index (χ0) is 13.8. The Morgan fingerprint density at radius 3 is 2.56 bits per heavy atom. The van der Waals surface area contributed by atoms with Gasteiger partial charge in [-0.25, -0.2) is 0 Å². The molecule has 0 bridgehead atoms. The smallest absolute Gasteiger partial charge is 0.320 e. The molecule has 106 valence electrons. The number of nitrogens with zero attached hydrogens (tertiary/aromatic N) is 1. The van der Waals surface area contributed by atoms with Gasteiger partial charge in [0.2, 0.25) is 0 Å². The van der Waals surface area contributed by atoms with E-state index in [2.05, 4.69) is 6.92 Å². The third-order valence-corrected chi connectivity index (χ3v) is 2.24. The van der Waals surface area contributed by atoms with E-state index < -0.39 is 5.97 Å². The number of carboxylic acid groups (broad SMARTS) is 1. The fourth-order valence-corrected chi connectivity index (χ4v) is 1.19. The molecule has 1 N–H and O–H groups in total. The van der Waals surface area contributed by atoms with Crippen molar-refractivity contribution in [2.45, 2.75) is 26.2 Å². The van der Waals surface area contributed by atoms with Gasteiger partial charge in [0.1, 0.15) is 6.61 Å². The SMILES string of the molecule is CCCCOCCOC(=O)CN(C)CCC(=O)O. The lowest BCUT2D eigenvalue weighted by Crippen LogP contribution is -2.30. The van der Waals surface area contributed by atoms with Gasteiger partial charge in [-0.1, -0.05) is 13.3 Å². The monoisotopic (exact) mass is 261 g/mol. The number of aliphatic carboxylic acids is 1. The molecule has 0 rings (SSSR count). The zero-order valence-corrected chi connectivity index (χ0v) is 11.2. The van der Waals surface area contributed by atoms with Crippen LogP contribution >= 0.6 is 0 Å². The largest absolute Gasteiger partial charge is 0.481 e. The highest BCUT2D eigenvalue weighted by atomic mass is 16.6. The molecule has 0 amide bonds.